The van der Waals surface area contributed by atoms with Crippen LogP contribution in [-0.2, 0) is 0 Å². The Morgan fingerprint density at radius 2 is 2.33 bits per heavy atom. The molecule has 0 radical (unpaired) electrons. The Hall–Kier alpha value is 0.170. The third-order valence-corrected chi connectivity index (χ3v) is 2.23. The third kappa shape index (κ3) is 3.72. The SMILES string of the molecule is CNC1CCN(CC(C)N)C1.Cl. The first kappa shape index (κ1) is 12.2. The molecule has 0 aromatic rings. The number of hydrogen-bond acceptors (Lipinski definition) is 3. The highest BCUT2D eigenvalue weighted by Crippen LogP contribution is 2.07. The molecule has 1 aliphatic heterocycles. The number of likely N-dealkylation sites (tertiary alicyclic amines) is 1. The molecule has 74 valence electrons. The van der Waals surface area contributed by atoms with Gasteiger partial charge in [0.05, 0.1) is 0 Å². The lowest BCUT2D eigenvalue weighted by atomic mass is 10.3. The smallest absolute Gasteiger partial charge is 0.0204 e. The Morgan fingerprint density at radius 3 is 2.75 bits per heavy atom. The van der Waals surface area contributed by atoms with E-state index in [-0.39, 0.29) is 12.4 Å². The molecule has 0 aromatic heterocycles. The first-order valence-electron chi connectivity index (χ1n) is 4.37. The maximum atomic E-state index is 5.70. The van der Waals surface area contributed by atoms with Crippen molar-refractivity contribution in [3.63, 3.8) is 0 Å². The normalized spacial score (nSPS) is 26.8. The van der Waals surface area contributed by atoms with Gasteiger partial charge in [0, 0.05) is 25.2 Å². The number of likely N-dealkylation sites (N-methyl/N-ethyl adjacent to an activating group) is 1. The number of rotatable bonds is 3. The maximum absolute atomic E-state index is 5.70. The van der Waals surface area contributed by atoms with E-state index >= 15 is 0 Å². The van der Waals surface area contributed by atoms with Gasteiger partial charge in [0.15, 0.2) is 0 Å². The molecule has 4 heteroatoms. The summed E-state index contributed by atoms with van der Waals surface area (Å²) in [5, 5.41) is 3.28. The van der Waals surface area contributed by atoms with Crippen LogP contribution in [0, 0.1) is 0 Å². The summed E-state index contributed by atoms with van der Waals surface area (Å²) in [5.41, 5.74) is 5.70. The van der Waals surface area contributed by atoms with Gasteiger partial charge in [0.2, 0.25) is 0 Å². The van der Waals surface area contributed by atoms with Crippen molar-refractivity contribution in [1.29, 1.82) is 0 Å². The van der Waals surface area contributed by atoms with E-state index in [0.29, 0.717) is 12.1 Å². The maximum Gasteiger partial charge on any atom is 0.0204 e. The zero-order valence-corrected chi connectivity index (χ0v) is 8.73. The standard InChI is InChI=1S/C8H19N3.ClH/c1-7(9)5-11-4-3-8(6-11)10-2;/h7-8,10H,3-6,9H2,1-2H3;1H. The highest BCUT2D eigenvalue weighted by molar-refractivity contribution is 5.85. The average molecular weight is 194 g/mol. The van der Waals surface area contributed by atoms with Crippen molar-refractivity contribution in [1.82, 2.24) is 10.2 Å². The minimum atomic E-state index is 0. The zero-order chi connectivity index (χ0) is 8.27. The predicted octanol–water partition coefficient (Wildman–Crippen LogP) is 0.0491. The van der Waals surface area contributed by atoms with Crippen LogP contribution in [0.5, 0.6) is 0 Å². The molecule has 0 amide bonds. The van der Waals surface area contributed by atoms with Crippen molar-refractivity contribution >= 4 is 12.4 Å². The van der Waals surface area contributed by atoms with E-state index < -0.39 is 0 Å². The molecule has 2 unspecified atom stereocenters. The molecule has 0 aliphatic carbocycles. The van der Waals surface area contributed by atoms with Crippen molar-refractivity contribution in [3.05, 3.63) is 0 Å². The predicted molar refractivity (Wildman–Crippen MR) is 54.8 cm³/mol. The van der Waals surface area contributed by atoms with Gasteiger partial charge in [0.25, 0.3) is 0 Å². The molecule has 12 heavy (non-hydrogen) atoms. The monoisotopic (exact) mass is 193 g/mol. The summed E-state index contributed by atoms with van der Waals surface area (Å²) in [6, 6.07) is 0.999. The molecule has 2 atom stereocenters. The topological polar surface area (TPSA) is 41.3 Å². The zero-order valence-electron chi connectivity index (χ0n) is 7.92. The molecule has 0 spiro atoms. The van der Waals surface area contributed by atoms with E-state index in [0.717, 1.165) is 13.1 Å². The van der Waals surface area contributed by atoms with Crippen LogP contribution in [0.3, 0.4) is 0 Å². The molecular formula is C8H20ClN3. The third-order valence-electron chi connectivity index (χ3n) is 2.23. The molecule has 1 aliphatic rings. The summed E-state index contributed by atoms with van der Waals surface area (Å²) in [7, 11) is 2.03. The van der Waals surface area contributed by atoms with E-state index in [1.165, 1.54) is 13.0 Å². The molecule has 1 fully saturated rings. The summed E-state index contributed by atoms with van der Waals surface area (Å²) in [6.45, 7) is 5.47. The Balaban J connectivity index is 0.00000121. The van der Waals surface area contributed by atoms with Gasteiger partial charge < -0.3 is 16.0 Å². The van der Waals surface area contributed by atoms with Crippen molar-refractivity contribution in [3.8, 4) is 0 Å². The Labute approximate surface area is 81.1 Å². The fourth-order valence-corrected chi connectivity index (χ4v) is 1.64. The van der Waals surface area contributed by atoms with E-state index in [2.05, 4.69) is 17.1 Å². The summed E-state index contributed by atoms with van der Waals surface area (Å²) >= 11 is 0. The van der Waals surface area contributed by atoms with Gasteiger partial charge in [-0.2, -0.15) is 0 Å². The molecule has 1 saturated heterocycles. The Kier molecular flexibility index (Phi) is 5.84. The number of nitrogens with one attached hydrogen (secondary N) is 1. The van der Waals surface area contributed by atoms with Crippen molar-refractivity contribution in [2.75, 3.05) is 26.7 Å². The second kappa shape index (κ2) is 5.75. The minimum absolute atomic E-state index is 0. The van der Waals surface area contributed by atoms with Crippen LogP contribution in [0.25, 0.3) is 0 Å². The van der Waals surface area contributed by atoms with Gasteiger partial charge >= 0.3 is 0 Å². The van der Waals surface area contributed by atoms with Crippen LogP contribution >= 0.6 is 12.4 Å². The van der Waals surface area contributed by atoms with Gasteiger partial charge in [-0.05, 0) is 26.9 Å². The number of nitrogens with two attached hydrogens (primary N) is 1. The molecule has 0 saturated carbocycles. The van der Waals surface area contributed by atoms with Crippen LogP contribution in [0.4, 0.5) is 0 Å². The first-order valence-corrected chi connectivity index (χ1v) is 4.37. The summed E-state index contributed by atoms with van der Waals surface area (Å²) in [6.07, 6.45) is 1.27. The van der Waals surface area contributed by atoms with Crippen molar-refractivity contribution < 1.29 is 0 Å². The van der Waals surface area contributed by atoms with Crippen LogP contribution in [0.2, 0.25) is 0 Å². The quantitative estimate of drug-likeness (QED) is 0.666. The summed E-state index contributed by atoms with van der Waals surface area (Å²) < 4.78 is 0. The van der Waals surface area contributed by atoms with E-state index in [4.69, 9.17) is 5.73 Å². The van der Waals surface area contributed by atoms with Crippen LogP contribution in [0.1, 0.15) is 13.3 Å². The van der Waals surface area contributed by atoms with E-state index in [9.17, 15) is 0 Å². The first-order chi connectivity index (χ1) is 5.22. The number of halogens is 1. The minimum Gasteiger partial charge on any atom is -0.327 e. The molecule has 0 aromatic carbocycles. The number of hydrogen-bond donors (Lipinski definition) is 2. The highest BCUT2D eigenvalue weighted by atomic mass is 35.5. The average Bonchev–Trinajstić information content (AvgIpc) is 2.34. The summed E-state index contributed by atoms with van der Waals surface area (Å²) in [5.74, 6) is 0. The molecular weight excluding hydrogens is 174 g/mol. The van der Waals surface area contributed by atoms with Gasteiger partial charge in [-0.3, -0.25) is 0 Å². The lowest BCUT2D eigenvalue weighted by Gasteiger charge is -2.17. The number of nitrogens with zero attached hydrogens (tertiary/aromatic N) is 1. The van der Waals surface area contributed by atoms with Crippen molar-refractivity contribution in [2.45, 2.75) is 25.4 Å². The van der Waals surface area contributed by atoms with Crippen molar-refractivity contribution in [2.24, 2.45) is 5.73 Å². The van der Waals surface area contributed by atoms with Crippen LogP contribution in [0.15, 0.2) is 0 Å². The Bertz CT molecular complexity index is 119. The van der Waals surface area contributed by atoms with E-state index in [1.54, 1.807) is 0 Å². The molecule has 3 nitrogen and oxygen atoms in total. The summed E-state index contributed by atoms with van der Waals surface area (Å²) in [4.78, 5) is 2.42. The van der Waals surface area contributed by atoms with E-state index in [1.807, 2.05) is 7.05 Å². The lowest BCUT2D eigenvalue weighted by Crippen LogP contribution is -2.36. The van der Waals surface area contributed by atoms with Crippen LogP contribution in [-0.4, -0.2) is 43.7 Å². The van der Waals surface area contributed by atoms with Gasteiger partial charge in [-0.1, -0.05) is 0 Å². The fraction of sp³-hybridized carbons (Fsp3) is 1.00. The highest BCUT2D eigenvalue weighted by Gasteiger charge is 2.20. The molecule has 0 bridgehead atoms. The van der Waals surface area contributed by atoms with Gasteiger partial charge in [0.1, 0.15) is 0 Å². The largest absolute Gasteiger partial charge is 0.327 e. The molecule has 3 N–H and O–H groups in total. The van der Waals surface area contributed by atoms with Gasteiger partial charge in [-0.25, -0.2) is 0 Å². The molecule has 1 heterocycles. The second-order valence-electron chi connectivity index (χ2n) is 3.51. The second-order valence-corrected chi connectivity index (χ2v) is 3.51. The fourth-order valence-electron chi connectivity index (χ4n) is 1.64. The van der Waals surface area contributed by atoms with Gasteiger partial charge in [-0.15, -0.1) is 12.4 Å². The lowest BCUT2D eigenvalue weighted by molar-refractivity contribution is 0.313. The molecule has 1 rings (SSSR count). The Morgan fingerprint density at radius 1 is 1.67 bits per heavy atom. The van der Waals surface area contributed by atoms with Crippen LogP contribution < -0.4 is 11.1 Å².